The Bertz CT molecular complexity index is 1700. The largest absolute Gasteiger partial charge is 0.508 e. The highest BCUT2D eigenvalue weighted by Gasteiger charge is 2.49. The van der Waals surface area contributed by atoms with Gasteiger partial charge in [-0.3, -0.25) is 0 Å². The van der Waals surface area contributed by atoms with Crippen molar-refractivity contribution in [2.45, 2.75) is 42.5 Å². The maximum atomic E-state index is 11.5. The zero-order chi connectivity index (χ0) is 32.0. The number of hydrogen-bond acceptors (Lipinski definition) is 11. The van der Waals surface area contributed by atoms with Gasteiger partial charge in [-0.1, -0.05) is 36.4 Å². The molecular formula is C34H32O11. The first-order chi connectivity index (χ1) is 21.5. The van der Waals surface area contributed by atoms with Crippen LogP contribution in [0, 0.1) is 0 Å². The van der Waals surface area contributed by atoms with Gasteiger partial charge >= 0.3 is 0 Å². The van der Waals surface area contributed by atoms with Crippen LogP contribution >= 0.6 is 0 Å². The predicted octanol–water partition coefficient (Wildman–Crippen LogP) is 3.17. The van der Waals surface area contributed by atoms with Crippen molar-refractivity contribution >= 4 is 12.2 Å². The summed E-state index contributed by atoms with van der Waals surface area (Å²) >= 11 is 0. The number of phenolic OH excluding ortho intramolecular Hbond substituents is 5. The van der Waals surface area contributed by atoms with Crippen molar-refractivity contribution < 1.29 is 55.4 Å². The summed E-state index contributed by atoms with van der Waals surface area (Å²) in [6.45, 7) is -0.681. The minimum absolute atomic E-state index is 0.0120. The first-order valence-corrected chi connectivity index (χ1v) is 14.2. The van der Waals surface area contributed by atoms with Crippen molar-refractivity contribution in [2.24, 2.45) is 0 Å². The molecule has 9 N–H and O–H groups in total. The van der Waals surface area contributed by atoms with Crippen LogP contribution in [0.5, 0.6) is 34.5 Å². The van der Waals surface area contributed by atoms with Gasteiger partial charge in [0, 0.05) is 11.6 Å². The minimum atomic E-state index is -1.73. The average molecular weight is 617 g/mol. The van der Waals surface area contributed by atoms with Crippen molar-refractivity contribution in [3.05, 3.63) is 106 Å². The van der Waals surface area contributed by atoms with Gasteiger partial charge < -0.3 is 55.4 Å². The van der Waals surface area contributed by atoms with Crippen LogP contribution < -0.4 is 4.74 Å². The van der Waals surface area contributed by atoms with E-state index in [1.165, 1.54) is 48.5 Å². The van der Waals surface area contributed by atoms with E-state index in [-0.39, 0.29) is 40.1 Å². The molecule has 234 valence electrons. The molecule has 11 heteroatoms. The smallest absolute Gasteiger partial charge is 0.135 e. The third kappa shape index (κ3) is 5.63. The monoisotopic (exact) mass is 616 g/mol. The van der Waals surface area contributed by atoms with Crippen molar-refractivity contribution in [3.8, 4) is 34.5 Å². The summed E-state index contributed by atoms with van der Waals surface area (Å²) in [5.74, 6) is -1.36. The summed E-state index contributed by atoms with van der Waals surface area (Å²) in [5, 5.41) is 93.9. The molecule has 45 heavy (non-hydrogen) atoms. The standard InChI is InChI=1S/C34H32O11/c35-15-25-29(41)30(42)31(43)34(44-25)28-24(40)13-18(4-1-16-2-7-20(36)8-3-16)26-27(19-11-22(38)14-23(39)12-19)32(45-33(26)28)17-5-9-21(37)10-6-17/h1-14,25,27,29-32,34-43H,15H2. The summed E-state index contributed by atoms with van der Waals surface area (Å²) < 4.78 is 12.4. The molecule has 11 nitrogen and oxygen atoms in total. The van der Waals surface area contributed by atoms with Gasteiger partial charge in [0.05, 0.1) is 18.1 Å². The summed E-state index contributed by atoms with van der Waals surface area (Å²) in [5.41, 5.74) is 2.63. The quantitative estimate of drug-likeness (QED) is 0.144. The molecule has 4 aromatic rings. The van der Waals surface area contributed by atoms with Gasteiger partial charge in [-0.05, 0) is 64.7 Å². The van der Waals surface area contributed by atoms with E-state index in [9.17, 15) is 46.0 Å². The van der Waals surface area contributed by atoms with Crippen LogP contribution in [0.3, 0.4) is 0 Å². The Balaban J connectivity index is 1.60. The highest BCUT2D eigenvalue weighted by molar-refractivity contribution is 5.77. The fourth-order valence-corrected chi connectivity index (χ4v) is 6.08. The van der Waals surface area contributed by atoms with Crippen LogP contribution in [-0.4, -0.2) is 77.0 Å². The highest BCUT2D eigenvalue weighted by atomic mass is 16.5. The molecule has 2 aliphatic rings. The van der Waals surface area contributed by atoms with E-state index in [0.717, 1.165) is 5.56 Å². The van der Waals surface area contributed by atoms with Crippen LogP contribution in [-0.2, 0) is 4.74 Å². The van der Waals surface area contributed by atoms with Crippen molar-refractivity contribution in [2.75, 3.05) is 6.61 Å². The van der Waals surface area contributed by atoms with Gasteiger partial charge in [0.1, 0.15) is 71.1 Å². The Labute approximate surface area is 257 Å². The molecule has 2 heterocycles. The van der Waals surface area contributed by atoms with Crippen LogP contribution in [0.1, 0.15) is 51.5 Å². The van der Waals surface area contributed by atoms with Crippen molar-refractivity contribution in [1.82, 2.24) is 0 Å². The third-order valence-electron chi connectivity index (χ3n) is 8.26. The molecule has 0 amide bonds. The number of benzene rings is 4. The van der Waals surface area contributed by atoms with E-state index >= 15 is 0 Å². The normalized spacial score (nSPS) is 26.1. The van der Waals surface area contributed by atoms with Gasteiger partial charge in [0.25, 0.3) is 0 Å². The number of aliphatic hydroxyl groups is 4. The lowest BCUT2D eigenvalue weighted by Gasteiger charge is -2.40. The average Bonchev–Trinajstić information content (AvgIpc) is 3.41. The molecule has 0 radical (unpaired) electrons. The molecule has 6 rings (SSSR count). The lowest BCUT2D eigenvalue weighted by molar-refractivity contribution is -0.232. The van der Waals surface area contributed by atoms with Crippen LogP contribution in [0.15, 0.2) is 72.8 Å². The number of ether oxygens (including phenoxy) is 2. The van der Waals surface area contributed by atoms with E-state index in [2.05, 4.69) is 0 Å². The van der Waals surface area contributed by atoms with Crippen molar-refractivity contribution in [1.29, 1.82) is 0 Å². The van der Waals surface area contributed by atoms with Crippen molar-refractivity contribution in [3.63, 3.8) is 0 Å². The molecule has 7 unspecified atom stereocenters. The van der Waals surface area contributed by atoms with E-state index < -0.39 is 49.1 Å². The number of phenols is 5. The molecule has 0 aromatic heterocycles. The van der Waals surface area contributed by atoms with Gasteiger partial charge in [-0.2, -0.15) is 0 Å². The Kier molecular flexibility index (Phi) is 8.04. The summed E-state index contributed by atoms with van der Waals surface area (Å²) in [4.78, 5) is 0. The van der Waals surface area contributed by atoms with E-state index in [4.69, 9.17) is 9.47 Å². The lowest BCUT2D eigenvalue weighted by atomic mass is 9.80. The zero-order valence-electron chi connectivity index (χ0n) is 23.7. The van der Waals surface area contributed by atoms with Gasteiger partial charge in [-0.25, -0.2) is 0 Å². The molecule has 7 atom stereocenters. The van der Waals surface area contributed by atoms with Gasteiger partial charge in [-0.15, -0.1) is 0 Å². The van der Waals surface area contributed by atoms with E-state index in [0.29, 0.717) is 22.3 Å². The predicted molar refractivity (Wildman–Crippen MR) is 161 cm³/mol. The Morgan fingerprint density at radius 2 is 1.22 bits per heavy atom. The summed E-state index contributed by atoms with van der Waals surface area (Å²) in [7, 11) is 0. The molecule has 1 saturated heterocycles. The SMILES string of the molecule is OCC1OC(c2c(O)cc(C=Cc3ccc(O)cc3)c3c2OC(c2ccc(O)cc2)C3c2cc(O)cc(O)c2)C(O)C(O)C1O. The molecule has 1 fully saturated rings. The summed E-state index contributed by atoms with van der Waals surface area (Å²) in [6, 6.07) is 18.2. The minimum Gasteiger partial charge on any atom is -0.508 e. The molecular weight excluding hydrogens is 584 g/mol. The lowest BCUT2D eigenvalue weighted by Crippen LogP contribution is -2.55. The van der Waals surface area contributed by atoms with Gasteiger partial charge in [0.2, 0.25) is 0 Å². The second kappa shape index (κ2) is 12.0. The Morgan fingerprint density at radius 1 is 0.600 bits per heavy atom. The first-order valence-electron chi connectivity index (χ1n) is 14.2. The van der Waals surface area contributed by atoms with Gasteiger partial charge in [0.15, 0.2) is 0 Å². The second-order valence-corrected chi connectivity index (χ2v) is 11.2. The number of hydrogen-bond donors (Lipinski definition) is 9. The number of fused-ring (bicyclic) bond motifs is 1. The topological polar surface area (TPSA) is 201 Å². The maximum absolute atomic E-state index is 11.5. The zero-order valence-corrected chi connectivity index (χ0v) is 23.7. The van der Waals surface area contributed by atoms with E-state index in [1.54, 1.807) is 36.4 Å². The molecule has 0 bridgehead atoms. The fourth-order valence-electron chi connectivity index (χ4n) is 6.08. The molecule has 0 spiro atoms. The van der Waals surface area contributed by atoms with Crippen LogP contribution in [0.4, 0.5) is 0 Å². The Hall–Kier alpha value is -4.78. The second-order valence-electron chi connectivity index (χ2n) is 11.2. The van der Waals surface area contributed by atoms with E-state index in [1.807, 2.05) is 0 Å². The van der Waals surface area contributed by atoms with Crippen LogP contribution in [0.25, 0.3) is 12.2 Å². The fraction of sp³-hybridized carbons (Fsp3) is 0.235. The van der Waals surface area contributed by atoms with Crippen LogP contribution in [0.2, 0.25) is 0 Å². The number of rotatable bonds is 6. The molecule has 0 aliphatic carbocycles. The summed E-state index contributed by atoms with van der Waals surface area (Å²) in [6.07, 6.45) is -5.18. The Morgan fingerprint density at radius 3 is 1.84 bits per heavy atom. The third-order valence-corrected chi connectivity index (χ3v) is 8.26. The molecule has 2 aliphatic heterocycles. The molecule has 4 aromatic carbocycles. The number of aliphatic hydroxyl groups excluding tert-OH is 4. The highest BCUT2D eigenvalue weighted by Crippen LogP contribution is 2.57. The maximum Gasteiger partial charge on any atom is 0.135 e. The first kappa shape index (κ1) is 30.3. The number of aromatic hydroxyl groups is 5. The molecule has 0 saturated carbocycles.